The lowest BCUT2D eigenvalue weighted by Gasteiger charge is -2.45. The summed E-state index contributed by atoms with van der Waals surface area (Å²) in [6, 6.07) is 0. The van der Waals surface area contributed by atoms with E-state index in [1.807, 2.05) is 13.8 Å². The van der Waals surface area contributed by atoms with Crippen molar-refractivity contribution in [2.24, 2.45) is 11.1 Å². The minimum atomic E-state index is -0.961. The van der Waals surface area contributed by atoms with Gasteiger partial charge in [-0.2, -0.15) is 5.10 Å². The van der Waals surface area contributed by atoms with Crippen LogP contribution in [0.4, 0.5) is 0 Å². The maximum atomic E-state index is 10.6. The summed E-state index contributed by atoms with van der Waals surface area (Å²) in [6.07, 6.45) is 3.68. The fourth-order valence-electron chi connectivity index (χ4n) is 2.23. The van der Waals surface area contributed by atoms with E-state index >= 15 is 0 Å². The first kappa shape index (κ1) is 9.68. The number of aryl methyl sites for hydroxylation is 1. The maximum absolute atomic E-state index is 10.6. The Balaban J connectivity index is 2.55. The first-order chi connectivity index (χ1) is 6.51. The zero-order chi connectivity index (χ0) is 10.4. The van der Waals surface area contributed by atoms with Crippen molar-refractivity contribution in [3.05, 3.63) is 17.5 Å². The van der Waals surface area contributed by atoms with Crippen molar-refractivity contribution in [3.63, 3.8) is 0 Å². The Labute approximate surface area is 83.5 Å². The van der Waals surface area contributed by atoms with Crippen LogP contribution in [0.2, 0.25) is 0 Å². The highest BCUT2D eigenvalue weighted by molar-refractivity contribution is 5.29. The van der Waals surface area contributed by atoms with E-state index in [4.69, 9.17) is 5.73 Å². The van der Waals surface area contributed by atoms with Gasteiger partial charge in [-0.3, -0.25) is 5.10 Å². The van der Waals surface area contributed by atoms with Crippen molar-refractivity contribution in [2.45, 2.75) is 32.3 Å². The maximum Gasteiger partial charge on any atom is 0.123 e. The fourth-order valence-corrected chi connectivity index (χ4v) is 2.23. The van der Waals surface area contributed by atoms with Gasteiger partial charge in [0.05, 0.1) is 11.9 Å². The summed E-state index contributed by atoms with van der Waals surface area (Å²) in [6.45, 7) is 4.32. The SMILES string of the molecule is CC1(C)CCc2cn[nH]c2C1(O)CN. The molecule has 1 heterocycles. The molecule has 0 spiro atoms. The first-order valence-electron chi connectivity index (χ1n) is 4.96. The quantitative estimate of drug-likeness (QED) is 0.612. The summed E-state index contributed by atoms with van der Waals surface area (Å²) in [5.41, 5.74) is 6.43. The molecule has 0 aliphatic heterocycles. The molecule has 4 nitrogen and oxygen atoms in total. The highest BCUT2D eigenvalue weighted by Gasteiger charge is 2.48. The first-order valence-corrected chi connectivity index (χ1v) is 4.96. The highest BCUT2D eigenvalue weighted by atomic mass is 16.3. The Kier molecular flexibility index (Phi) is 1.94. The van der Waals surface area contributed by atoms with Crippen molar-refractivity contribution in [3.8, 4) is 0 Å². The number of aliphatic hydroxyl groups is 1. The standard InChI is InChI=1S/C10H17N3O/c1-9(2)4-3-7-5-12-13-8(7)10(9,14)6-11/h5,14H,3-4,6,11H2,1-2H3,(H,12,13). The summed E-state index contributed by atoms with van der Waals surface area (Å²) in [5.74, 6) is 0. The van der Waals surface area contributed by atoms with Crippen LogP contribution >= 0.6 is 0 Å². The number of hydrogen-bond acceptors (Lipinski definition) is 3. The third-order valence-corrected chi connectivity index (χ3v) is 3.57. The van der Waals surface area contributed by atoms with Gasteiger partial charge in [0.2, 0.25) is 0 Å². The Morgan fingerprint density at radius 3 is 3.00 bits per heavy atom. The molecule has 78 valence electrons. The molecule has 1 unspecified atom stereocenters. The Morgan fingerprint density at radius 2 is 2.36 bits per heavy atom. The molecule has 0 saturated carbocycles. The number of nitrogens with two attached hydrogens (primary N) is 1. The lowest BCUT2D eigenvalue weighted by atomic mass is 9.65. The zero-order valence-corrected chi connectivity index (χ0v) is 8.67. The van der Waals surface area contributed by atoms with Gasteiger partial charge in [0.15, 0.2) is 0 Å². The van der Waals surface area contributed by atoms with Crippen LogP contribution < -0.4 is 5.73 Å². The van der Waals surface area contributed by atoms with Crippen LogP contribution in [-0.4, -0.2) is 21.8 Å². The van der Waals surface area contributed by atoms with Crippen LogP contribution in [0, 0.1) is 5.41 Å². The number of H-pyrrole nitrogens is 1. The van der Waals surface area contributed by atoms with Gasteiger partial charge in [-0.15, -0.1) is 0 Å². The normalized spacial score (nSPS) is 30.0. The molecule has 0 radical (unpaired) electrons. The van der Waals surface area contributed by atoms with E-state index in [1.165, 1.54) is 0 Å². The molecule has 0 bridgehead atoms. The smallest absolute Gasteiger partial charge is 0.123 e. The van der Waals surface area contributed by atoms with Gasteiger partial charge in [-0.05, 0) is 18.4 Å². The lowest BCUT2D eigenvalue weighted by molar-refractivity contribution is -0.0807. The molecular formula is C10H17N3O. The Bertz CT molecular complexity index is 345. The van der Waals surface area contributed by atoms with Gasteiger partial charge in [-0.1, -0.05) is 13.8 Å². The molecule has 0 aromatic carbocycles. The van der Waals surface area contributed by atoms with Gasteiger partial charge in [-0.25, -0.2) is 0 Å². The van der Waals surface area contributed by atoms with E-state index in [9.17, 15) is 5.11 Å². The molecule has 0 fully saturated rings. The van der Waals surface area contributed by atoms with Crippen LogP contribution in [-0.2, 0) is 12.0 Å². The second-order valence-corrected chi connectivity index (χ2v) is 4.72. The molecule has 1 atom stereocenters. The summed E-state index contributed by atoms with van der Waals surface area (Å²) >= 11 is 0. The van der Waals surface area contributed by atoms with Gasteiger partial charge in [0, 0.05) is 12.0 Å². The average Bonchev–Trinajstić information content (AvgIpc) is 2.60. The molecule has 4 N–H and O–H groups in total. The van der Waals surface area contributed by atoms with Crippen LogP contribution in [0.15, 0.2) is 6.20 Å². The second-order valence-electron chi connectivity index (χ2n) is 4.72. The van der Waals surface area contributed by atoms with Gasteiger partial charge < -0.3 is 10.8 Å². The monoisotopic (exact) mass is 195 g/mol. The largest absolute Gasteiger partial charge is 0.382 e. The Hall–Kier alpha value is -0.870. The van der Waals surface area contributed by atoms with Gasteiger partial charge in [0.1, 0.15) is 5.60 Å². The van der Waals surface area contributed by atoms with Crippen LogP contribution in [0.5, 0.6) is 0 Å². The predicted molar refractivity (Wildman–Crippen MR) is 53.6 cm³/mol. The van der Waals surface area contributed by atoms with E-state index in [0.717, 1.165) is 24.1 Å². The van der Waals surface area contributed by atoms with Crippen molar-refractivity contribution >= 4 is 0 Å². The van der Waals surface area contributed by atoms with Crippen LogP contribution in [0.25, 0.3) is 0 Å². The molecule has 1 aromatic heterocycles. The van der Waals surface area contributed by atoms with Crippen molar-refractivity contribution in [1.29, 1.82) is 0 Å². The number of hydrogen-bond donors (Lipinski definition) is 3. The van der Waals surface area contributed by atoms with Crippen molar-refractivity contribution in [2.75, 3.05) is 6.54 Å². The van der Waals surface area contributed by atoms with Gasteiger partial charge >= 0.3 is 0 Å². The molecular weight excluding hydrogens is 178 g/mol. The highest BCUT2D eigenvalue weighted by Crippen LogP contribution is 2.46. The number of nitrogens with one attached hydrogen (secondary N) is 1. The van der Waals surface area contributed by atoms with E-state index in [0.29, 0.717) is 0 Å². The summed E-state index contributed by atoms with van der Waals surface area (Å²) in [5, 5.41) is 17.4. The van der Waals surface area contributed by atoms with E-state index in [-0.39, 0.29) is 12.0 Å². The summed E-state index contributed by atoms with van der Waals surface area (Å²) < 4.78 is 0. The molecule has 0 saturated heterocycles. The topological polar surface area (TPSA) is 74.9 Å². The molecule has 1 aliphatic rings. The number of nitrogens with zero attached hydrogens (tertiary/aromatic N) is 1. The molecule has 14 heavy (non-hydrogen) atoms. The minimum Gasteiger partial charge on any atom is -0.382 e. The van der Waals surface area contributed by atoms with E-state index in [1.54, 1.807) is 6.20 Å². The third kappa shape index (κ3) is 1.04. The lowest BCUT2D eigenvalue weighted by Crippen LogP contribution is -2.51. The van der Waals surface area contributed by atoms with Crippen molar-refractivity contribution in [1.82, 2.24) is 10.2 Å². The van der Waals surface area contributed by atoms with E-state index in [2.05, 4.69) is 10.2 Å². The Morgan fingerprint density at radius 1 is 1.64 bits per heavy atom. The summed E-state index contributed by atoms with van der Waals surface area (Å²) in [7, 11) is 0. The van der Waals surface area contributed by atoms with E-state index < -0.39 is 5.60 Å². The predicted octanol–water partition coefficient (Wildman–Crippen LogP) is 0.528. The summed E-state index contributed by atoms with van der Waals surface area (Å²) in [4.78, 5) is 0. The zero-order valence-electron chi connectivity index (χ0n) is 8.67. The number of aromatic nitrogens is 2. The number of aromatic amines is 1. The molecule has 2 rings (SSSR count). The number of fused-ring (bicyclic) bond motifs is 1. The van der Waals surface area contributed by atoms with Crippen molar-refractivity contribution < 1.29 is 5.11 Å². The minimum absolute atomic E-state index is 0.193. The van der Waals surface area contributed by atoms with Crippen LogP contribution in [0.3, 0.4) is 0 Å². The second kappa shape index (κ2) is 2.81. The average molecular weight is 195 g/mol. The number of rotatable bonds is 1. The van der Waals surface area contributed by atoms with Crippen LogP contribution in [0.1, 0.15) is 31.5 Å². The molecule has 4 heteroatoms. The molecule has 1 aliphatic carbocycles. The molecule has 1 aromatic rings. The molecule has 0 amide bonds. The fraction of sp³-hybridized carbons (Fsp3) is 0.700. The third-order valence-electron chi connectivity index (χ3n) is 3.57. The van der Waals surface area contributed by atoms with Gasteiger partial charge in [0.25, 0.3) is 0 Å².